The number of nitrogens with two attached hydrogens (primary N) is 2. The van der Waals surface area contributed by atoms with Crippen LogP contribution in [0.5, 0.6) is 5.75 Å². The van der Waals surface area contributed by atoms with E-state index < -0.39 is 11.7 Å². The van der Waals surface area contributed by atoms with Crippen LogP contribution >= 0.6 is 0 Å². The van der Waals surface area contributed by atoms with E-state index in [0.717, 1.165) is 0 Å². The summed E-state index contributed by atoms with van der Waals surface area (Å²) in [7, 11) is 3.64. The number of hydrogen-bond donors (Lipinski definition) is 3. The SMILES string of the molecule is CCc1nc(C(N)=O)c(Nc2cc(F)cc(OC(C)CN)c2)nc1N(C)C. The molecular weight excluding hydrogens is 351 g/mol. The average molecular weight is 376 g/mol. The molecule has 1 amide bonds. The van der Waals surface area contributed by atoms with Crippen molar-refractivity contribution >= 4 is 23.2 Å². The highest BCUT2D eigenvalue weighted by molar-refractivity contribution is 5.96. The van der Waals surface area contributed by atoms with Crippen molar-refractivity contribution in [3.8, 4) is 5.75 Å². The van der Waals surface area contributed by atoms with Crippen LogP contribution < -0.4 is 26.4 Å². The summed E-state index contributed by atoms with van der Waals surface area (Å²) in [6.45, 7) is 3.98. The lowest BCUT2D eigenvalue weighted by Gasteiger charge is -2.19. The zero-order chi connectivity index (χ0) is 20.1. The summed E-state index contributed by atoms with van der Waals surface area (Å²) in [5.41, 5.74) is 12.0. The number of hydrogen-bond acceptors (Lipinski definition) is 7. The van der Waals surface area contributed by atoms with Gasteiger partial charge in [-0.15, -0.1) is 0 Å². The van der Waals surface area contributed by atoms with Crippen LogP contribution in [0.2, 0.25) is 0 Å². The summed E-state index contributed by atoms with van der Waals surface area (Å²) < 4.78 is 19.5. The minimum Gasteiger partial charge on any atom is -0.489 e. The van der Waals surface area contributed by atoms with Crippen molar-refractivity contribution in [2.24, 2.45) is 11.5 Å². The highest BCUT2D eigenvalue weighted by Gasteiger charge is 2.18. The number of anilines is 3. The molecule has 0 saturated heterocycles. The molecule has 0 saturated carbocycles. The molecule has 0 aliphatic carbocycles. The van der Waals surface area contributed by atoms with Crippen LogP contribution in [0.25, 0.3) is 0 Å². The lowest BCUT2D eigenvalue weighted by molar-refractivity contribution is 0.0996. The summed E-state index contributed by atoms with van der Waals surface area (Å²) >= 11 is 0. The molecule has 5 N–H and O–H groups in total. The van der Waals surface area contributed by atoms with E-state index in [4.69, 9.17) is 16.2 Å². The van der Waals surface area contributed by atoms with Gasteiger partial charge in [-0.05, 0) is 19.4 Å². The van der Waals surface area contributed by atoms with Crippen LogP contribution in [-0.2, 0) is 6.42 Å². The topological polar surface area (TPSA) is 119 Å². The van der Waals surface area contributed by atoms with Gasteiger partial charge in [0, 0.05) is 38.5 Å². The summed E-state index contributed by atoms with van der Waals surface area (Å²) in [6.07, 6.45) is 0.306. The van der Waals surface area contributed by atoms with E-state index in [-0.39, 0.29) is 17.6 Å². The van der Waals surface area contributed by atoms with E-state index >= 15 is 0 Å². The van der Waals surface area contributed by atoms with E-state index in [1.54, 1.807) is 17.9 Å². The van der Waals surface area contributed by atoms with Gasteiger partial charge >= 0.3 is 0 Å². The smallest absolute Gasteiger partial charge is 0.271 e. The van der Waals surface area contributed by atoms with Crippen molar-refractivity contribution in [2.75, 3.05) is 30.9 Å². The molecule has 1 aromatic heterocycles. The quantitative estimate of drug-likeness (QED) is 0.643. The number of rotatable bonds is 8. The first-order chi connectivity index (χ1) is 12.7. The number of aryl methyl sites for hydroxylation is 1. The molecule has 0 fully saturated rings. The van der Waals surface area contributed by atoms with E-state index in [9.17, 15) is 9.18 Å². The molecule has 0 radical (unpaired) electrons. The van der Waals surface area contributed by atoms with Crippen LogP contribution in [-0.4, -0.2) is 42.6 Å². The Morgan fingerprint density at radius 2 is 2.04 bits per heavy atom. The second kappa shape index (κ2) is 8.63. The Morgan fingerprint density at radius 3 is 2.59 bits per heavy atom. The molecule has 9 heteroatoms. The van der Waals surface area contributed by atoms with Gasteiger partial charge in [-0.3, -0.25) is 4.79 Å². The third-order valence-corrected chi connectivity index (χ3v) is 3.74. The number of nitrogens with zero attached hydrogens (tertiary/aromatic N) is 3. The fourth-order valence-electron chi connectivity index (χ4n) is 2.44. The maximum absolute atomic E-state index is 14.0. The first-order valence-electron chi connectivity index (χ1n) is 8.57. The molecule has 1 unspecified atom stereocenters. The average Bonchev–Trinajstić information content (AvgIpc) is 2.60. The van der Waals surface area contributed by atoms with Gasteiger partial charge in [0.1, 0.15) is 17.7 Å². The van der Waals surface area contributed by atoms with E-state index in [1.807, 2.05) is 21.0 Å². The Hall–Kier alpha value is -2.94. The fourth-order valence-corrected chi connectivity index (χ4v) is 2.44. The predicted octanol–water partition coefficient (Wildman–Crippen LogP) is 1.81. The summed E-state index contributed by atoms with van der Waals surface area (Å²) in [5.74, 6) is -0.191. The molecule has 2 aromatic rings. The zero-order valence-corrected chi connectivity index (χ0v) is 15.9. The zero-order valence-electron chi connectivity index (χ0n) is 15.9. The summed E-state index contributed by atoms with van der Waals surface area (Å²) in [4.78, 5) is 22.4. The number of primary amides is 1. The number of aromatic nitrogens is 2. The normalized spacial score (nSPS) is 11.8. The van der Waals surface area contributed by atoms with Crippen molar-refractivity contribution in [3.05, 3.63) is 35.4 Å². The van der Waals surface area contributed by atoms with E-state index in [2.05, 4.69) is 15.3 Å². The highest BCUT2D eigenvalue weighted by atomic mass is 19.1. The maximum atomic E-state index is 14.0. The Morgan fingerprint density at radius 1 is 1.33 bits per heavy atom. The third-order valence-electron chi connectivity index (χ3n) is 3.74. The van der Waals surface area contributed by atoms with Gasteiger partial charge in [-0.2, -0.15) is 0 Å². The number of amides is 1. The number of halogens is 1. The molecule has 0 bridgehead atoms. The Kier molecular flexibility index (Phi) is 6.51. The van der Waals surface area contributed by atoms with Gasteiger partial charge in [0.25, 0.3) is 5.91 Å². The van der Waals surface area contributed by atoms with Crippen molar-refractivity contribution in [1.82, 2.24) is 9.97 Å². The number of nitrogens with one attached hydrogen (secondary N) is 1. The molecule has 0 aliphatic heterocycles. The van der Waals surface area contributed by atoms with E-state index in [1.165, 1.54) is 12.1 Å². The molecule has 0 aliphatic rings. The predicted molar refractivity (Wildman–Crippen MR) is 103 cm³/mol. The van der Waals surface area contributed by atoms with Crippen molar-refractivity contribution in [3.63, 3.8) is 0 Å². The molecule has 2 rings (SSSR count). The van der Waals surface area contributed by atoms with Gasteiger partial charge < -0.3 is 26.4 Å². The van der Waals surface area contributed by atoms with Crippen molar-refractivity contribution in [1.29, 1.82) is 0 Å². The van der Waals surface area contributed by atoms with Gasteiger partial charge in [0.05, 0.1) is 5.69 Å². The summed E-state index contributed by atoms with van der Waals surface area (Å²) in [5, 5.41) is 2.92. The molecule has 1 heterocycles. The van der Waals surface area contributed by atoms with Crippen LogP contribution in [0, 0.1) is 5.82 Å². The minimum atomic E-state index is -0.727. The van der Waals surface area contributed by atoms with Crippen molar-refractivity contribution in [2.45, 2.75) is 26.4 Å². The highest BCUT2D eigenvalue weighted by Crippen LogP contribution is 2.27. The third kappa shape index (κ3) is 5.04. The van der Waals surface area contributed by atoms with Gasteiger partial charge in [-0.25, -0.2) is 14.4 Å². The van der Waals surface area contributed by atoms with Crippen LogP contribution in [0.15, 0.2) is 18.2 Å². The number of ether oxygens (including phenoxy) is 1. The molecule has 8 nitrogen and oxygen atoms in total. The van der Waals surface area contributed by atoms with Crippen LogP contribution in [0.1, 0.15) is 30.0 Å². The van der Waals surface area contributed by atoms with Gasteiger partial charge in [0.2, 0.25) is 0 Å². The van der Waals surface area contributed by atoms with E-state index in [0.29, 0.717) is 35.9 Å². The molecule has 1 aromatic carbocycles. The van der Waals surface area contributed by atoms with Crippen molar-refractivity contribution < 1.29 is 13.9 Å². The standard InChI is InChI=1S/C18H25FN6O2/c1-5-14-18(25(3)4)24-17(15(23-14)16(21)26)22-12-6-11(19)7-13(8-12)27-10(2)9-20/h6-8,10H,5,9,20H2,1-4H3,(H2,21,26)(H,22,24). The summed E-state index contributed by atoms with van der Waals surface area (Å²) in [6, 6.07) is 4.10. The van der Waals surface area contributed by atoms with Crippen LogP contribution in [0.3, 0.4) is 0 Å². The Labute approximate surface area is 157 Å². The monoisotopic (exact) mass is 376 g/mol. The lowest BCUT2D eigenvalue weighted by atomic mass is 10.2. The molecular formula is C18H25FN6O2. The second-order valence-electron chi connectivity index (χ2n) is 6.27. The van der Waals surface area contributed by atoms with Gasteiger partial charge in [0.15, 0.2) is 17.3 Å². The second-order valence-corrected chi connectivity index (χ2v) is 6.27. The maximum Gasteiger partial charge on any atom is 0.271 e. The first kappa shape index (κ1) is 20.4. The Bertz CT molecular complexity index is 828. The Balaban J connectivity index is 2.46. The van der Waals surface area contributed by atoms with Gasteiger partial charge in [-0.1, -0.05) is 6.92 Å². The van der Waals surface area contributed by atoms with Crippen LogP contribution in [0.4, 0.5) is 21.7 Å². The fraction of sp³-hybridized carbons (Fsp3) is 0.389. The first-order valence-corrected chi connectivity index (χ1v) is 8.57. The minimum absolute atomic E-state index is 0.0143. The molecule has 1 atom stereocenters. The number of carbonyl (C=O) groups excluding carboxylic acids is 1. The lowest BCUT2D eigenvalue weighted by Crippen LogP contribution is -2.23. The largest absolute Gasteiger partial charge is 0.489 e. The number of carbonyl (C=O) groups is 1. The molecule has 27 heavy (non-hydrogen) atoms. The molecule has 146 valence electrons. The number of benzene rings is 1. The molecule has 0 spiro atoms.